The van der Waals surface area contributed by atoms with Crippen LogP contribution in [0.2, 0.25) is 0 Å². The topological polar surface area (TPSA) is 66.9 Å². The minimum Gasteiger partial charge on any atom is -0.351 e. The molecule has 0 aliphatic carbocycles. The first-order valence-electron chi connectivity index (χ1n) is 6.56. The fourth-order valence-electron chi connectivity index (χ4n) is 1.70. The van der Waals surface area contributed by atoms with Crippen LogP contribution in [0.5, 0.6) is 0 Å². The lowest BCUT2D eigenvalue weighted by Gasteiger charge is -2.10. The summed E-state index contributed by atoms with van der Waals surface area (Å²) >= 11 is 0. The molecule has 120 valence electrons. The Morgan fingerprint density at radius 1 is 1.30 bits per heavy atom. The van der Waals surface area contributed by atoms with E-state index in [4.69, 9.17) is 0 Å². The zero-order valence-electron chi connectivity index (χ0n) is 11.9. The fourth-order valence-corrected chi connectivity index (χ4v) is 1.70. The number of carbonyl (C=O) groups excluding carboxylic acids is 1. The van der Waals surface area contributed by atoms with E-state index in [0.717, 1.165) is 12.1 Å². The van der Waals surface area contributed by atoms with Gasteiger partial charge in [0, 0.05) is 18.4 Å². The molecule has 2 aromatic rings. The smallest absolute Gasteiger partial charge is 0.351 e. The molecule has 0 aliphatic heterocycles. The monoisotopic (exact) mass is 322 g/mol. The van der Waals surface area contributed by atoms with E-state index in [1.165, 1.54) is 24.4 Å². The molecule has 0 saturated carbocycles. The molecule has 1 amide bonds. The van der Waals surface area contributed by atoms with Gasteiger partial charge in [-0.2, -0.15) is 13.2 Å². The molecule has 0 radical (unpaired) electrons. The Morgan fingerprint density at radius 2 is 2.09 bits per heavy atom. The van der Waals surface area contributed by atoms with Crippen LogP contribution in [0.3, 0.4) is 0 Å². The van der Waals surface area contributed by atoms with Gasteiger partial charge in [0.15, 0.2) is 0 Å². The first-order chi connectivity index (χ1) is 10.9. The number of aromatic nitrogens is 2. The Bertz CT molecular complexity index is 716. The van der Waals surface area contributed by atoms with Gasteiger partial charge in [-0.05, 0) is 24.3 Å². The van der Waals surface area contributed by atoms with Gasteiger partial charge in [-0.25, -0.2) is 9.97 Å². The van der Waals surface area contributed by atoms with Crippen LogP contribution in [0, 0.1) is 0 Å². The molecule has 5 nitrogen and oxygen atoms in total. The van der Waals surface area contributed by atoms with Crippen molar-refractivity contribution >= 4 is 17.5 Å². The SMILES string of the molecule is C=CCNc1nccc(C(=O)Nc2cccc(C(F)(F)F)c2)n1. The van der Waals surface area contributed by atoms with Crippen LogP contribution in [-0.2, 0) is 6.18 Å². The van der Waals surface area contributed by atoms with E-state index >= 15 is 0 Å². The first kappa shape index (κ1) is 16.5. The second-order valence-corrected chi connectivity index (χ2v) is 4.47. The van der Waals surface area contributed by atoms with Gasteiger partial charge in [-0.3, -0.25) is 4.79 Å². The maximum absolute atomic E-state index is 12.6. The number of nitrogens with one attached hydrogen (secondary N) is 2. The molecule has 0 saturated heterocycles. The summed E-state index contributed by atoms with van der Waals surface area (Å²) in [7, 11) is 0. The molecular formula is C15H13F3N4O. The van der Waals surface area contributed by atoms with Crippen molar-refractivity contribution in [3.05, 3.63) is 60.4 Å². The zero-order chi connectivity index (χ0) is 16.9. The molecule has 1 aromatic carbocycles. The molecule has 0 fully saturated rings. The van der Waals surface area contributed by atoms with Crippen LogP contribution in [0.1, 0.15) is 16.1 Å². The summed E-state index contributed by atoms with van der Waals surface area (Å²) in [5.74, 6) is -0.407. The van der Waals surface area contributed by atoms with Crippen molar-refractivity contribution in [3.63, 3.8) is 0 Å². The first-order valence-corrected chi connectivity index (χ1v) is 6.56. The molecule has 0 aliphatic rings. The van der Waals surface area contributed by atoms with Gasteiger partial charge in [0.2, 0.25) is 5.95 Å². The number of alkyl halides is 3. The summed E-state index contributed by atoms with van der Waals surface area (Å²) in [4.78, 5) is 20.0. The van der Waals surface area contributed by atoms with Gasteiger partial charge >= 0.3 is 6.18 Å². The third-order valence-corrected chi connectivity index (χ3v) is 2.74. The number of benzene rings is 1. The maximum Gasteiger partial charge on any atom is 0.416 e. The van der Waals surface area contributed by atoms with Crippen molar-refractivity contribution in [2.45, 2.75) is 6.18 Å². The van der Waals surface area contributed by atoms with Crippen molar-refractivity contribution in [2.75, 3.05) is 17.2 Å². The third kappa shape index (κ3) is 4.53. The Balaban J connectivity index is 2.14. The minimum absolute atomic E-state index is 0.0315. The Hall–Kier alpha value is -2.90. The van der Waals surface area contributed by atoms with Gasteiger partial charge in [-0.15, -0.1) is 6.58 Å². The van der Waals surface area contributed by atoms with Crippen molar-refractivity contribution in [3.8, 4) is 0 Å². The number of anilines is 2. The predicted molar refractivity (Wildman–Crippen MR) is 80.1 cm³/mol. The largest absolute Gasteiger partial charge is 0.416 e. The Labute approximate surface area is 130 Å². The number of amides is 1. The van der Waals surface area contributed by atoms with E-state index in [-0.39, 0.29) is 17.3 Å². The normalized spacial score (nSPS) is 10.9. The average Bonchev–Trinajstić information content (AvgIpc) is 2.52. The quantitative estimate of drug-likeness (QED) is 0.829. The number of halogens is 3. The van der Waals surface area contributed by atoms with E-state index < -0.39 is 17.6 Å². The number of nitrogens with zero attached hydrogens (tertiary/aromatic N) is 2. The molecule has 1 aromatic heterocycles. The van der Waals surface area contributed by atoms with Crippen molar-refractivity contribution in [2.24, 2.45) is 0 Å². The van der Waals surface area contributed by atoms with Gasteiger partial charge in [0.05, 0.1) is 5.56 Å². The van der Waals surface area contributed by atoms with E-state index in [1.807, 2.05) is 0 Å². The van der Waals surface area contributed by atoms with Crippen LogP contribution in [0.4, 0.5) is 24.8 Å². The summed E-state index contributed by atoms with van der Waals surface area (Å²) in [6, 6.07) is 5.73. The van der Waals surface area contributed by atoms with Crippen LogP contribution in [0.15, 0.2) is 49.2 Å². The molecule has 0 unspecified atom stereocenters. The van der Waals surface area contributed by atoms with Crippen molar-refractivity contribution in [1.29, 1.82) is 0 Å². The fraction of sp³-hybridized carbons (Fsp3) is 0.133. The van der Waals surface area contributed by atoms with E-state index in [0.29, 0.717) is 6.54 Å². The van der Waals surface area contributed by atoms with Gasteiger partial charge in [0.1, 0.15) is 5.69 Å². The highest BCUT2D eigenvalue weighted by Crippen LogP contribution is 2.30. The third-order valence-electron chi connectivity index (χ3n) is 2.74. The molecule has 1 heterocycles. The lowest BCUT2D eigenvalue weighted by molar-refractivity contribution is -0.137. The Morgan fingerprint density at radius 3 is 2.78 bits per heavy atom. The molecule has 0 atom stereocenters. The highest BCUT2D eigenvalue weighted by Gasteiger charge is 2.30. The summed E-state index contributed by atoms with van der Waals surface area (Å²) in [5, 5.41) is 5.19. The zero-order valence-corrected chi connectivity index (χ0v) is 11.9. The number of hydrogen-bond acceptors (Lipinski definition) is 4. The highest BCUT2D eigenvalue weighted by atomic mass is 19.4. The summed E-state index contributed by atoms with van der Waals surface area (Å²) in [6.45, 7) is 3.94. The molecular weight excluding hydrogens is 309 g/mol. The van der Waals surface area contributed by atoms with Crippen LogP contribution in [0.25, 0.3) is 0 Å². The minimum atomic E-state index is -4.47. The Kier molecular flexibility index (Phi) is 4.95. The molecule has 8 heteroatoms. The number of hydrogen-bond donors (Lipinski definition) is 2. The number of rotatable bonds is 5. The summed E-state index contributed by atoms with van der Waals surface area (Å²) < 4.78 is 37.9. The molecule has 2 N–H and O–H groups in total. The van der Waals surface area contributed by atoms with E-state index in [9.17, 15) is 18.0 Å². The van der Waals surface area contributed by atoms with Crippen LogP contribution in [-0.4, -0.2) is 22.4 Å². The number of carbonyl (C=O) groups is 1. The van der Waals surface area contributed by atoms with E-state index in [1.54, 1.807) is 6.08 Å². The summed E-state index contributed by atoms with van der Waals surface area (Å²) in [6.07, 6.45) is -1.50. The van der Waals surface area contributed by atoms with Gasteiger partial charge in [0.25, 0.3) is 5.91 Å². The van der Waals surface area contributed by atoms with Gasteiger partial charge < -0.3 is 10.6 Å². The second kappa shape index (κ2) is 6.91. The van der Waals surface area contributed by atoms with Crippen LogP contribution >= 0.6 is 0 Å². The molecule has 0 bridgehead atoms. The van der Waals surface area contributed by atoms with Crippen molar-refractivity contribution in [1.82, 2.24) is 9.97 Å². The standard InChI is InChI=1S/C15H13F3N4O/c1-2-7-19-14-20-8-6-12(22-14)13(23)21-11-5-3-4-10(9-11)15(16,17)18/h2-6,8-9H,1,7H2,(H,21,23)(H,19,20,22). The van der Waals surface area contributed by atoms with Crippen molar-refractivity contribution < 1.29 is 18.0 Å². The summed E-state index contributed by atoms with van der Waals surface area (Å²) in [5.41, 5.74) is -0.778. The van der Waals surface area contributed by atoms with Gasteiger partial charge in [-0.1, -0.05) is 12.1 Å². The predicted octanol–water partition coefficient (Wildman–Crippen LogP) is 3.35. The van der Waals surface area contributed by atoms with E-state index in [2.05, 4.69) is 27.2 Å². The second-order valence-electron chi connectivity index (χ2n) is 4.47. The highest BCUT2D eigenvalue weighted by molar-refractivity contribution is 6.03. The lowest BCUT2D eigenvalue weighted by Crippen LogP contribution is -2.16. The lowest BCUT2D eigenvalue weighted by atomic mass is 10.2. The molecule has 0 spiro atoms. The average molecular weight is 322 g/mol. The molecule has 2 rings (SSSR count). The van der Waals surface area contributed by atoms with Crippen LogP contribution < -0.4 is 10.6 Å². The molecule has 23 heavy (non-hydrogen) atoms. The maximum atomic E-state index is 12.6.